The summed E-state index contributed by atoms with van der Waals surface area (Å²) in [4.78, 5) is 0. The minimum absolute atomic E-state index is 0.0842. The molecule has 2 rings (SSSR count). The Balaban J connectivity index is 2.27. The highest BCUT2D eigenvalue weighted by atomic mass is 16.5. The summed E-state index contributed by atoms with van der Waals surface area (Å²) in [5, 5.41) is 3.22. The lowest BCUT2D eigenvalue weighted by atomic mass is 10.0. The van der Waals surface area contributed by atoms with Gasteiger partial charge in [0.1, 0.15) is 11.5 Å². The third kappa shape index (κ3) is 2.09. The van der Waals surface area contributed by atoms with Crippen molar-refractivity contribution in [1.82, 2.24) is 5.32 Å². The Morgan fingerprint density at radius 2 is 1.94 bits per heavy atom. The number of ether oxygens (including phenoxy) is 1. The van der Waals surface area contributed by atoms with Crippen LogP contribution in [0.25, 0.3) is 0 Å². The Hall–Kier alpha value is -1.74. The van der Waals surface area contributed by atoms with Crippen molar-refractivity contribution < 1.29 is 9.15 Å². The maximum Gasteiger partial charge on any atom is 0.125 e. The number of hydrogen-bond donors (Lipinski definition) is 1. The van der Waals surface area contributed by atoms with Gasteiger partial charge in [0.05, 0.1) is 19.4 Å². The molecule has 0 fully saturated rings. The van der Waals surface area contributed by atoms with Crippen molar-refractivity contribution in [2.75, 3.05) is 14.2 Å². The van der Waals surface area contributed by atoms with Crippen LogP contribution in [0.15, 0.2) is 47.1 Å². The average molecular weight is 217 g/mol. The van der Waals surface area contributed by atoms with Gasteiger partial charge in [0.15, 0.2) is 0 Å². The van der Waals surface area contributed by atoms with Gasteiger partial charge in [-0.2, -0.15) is 0 Å². The summed E-state index contributed by atoms with van der Waals surface area (Å²) in [6.45, 7) is 0. The van der Waals surface area contributed by atoms with Crippen LogP contribution in [0.5, 0.6) is 5.75 Å². The van der Waals surface area contributed by atoms with E-state index in [1.165, 1.54) is 0 Å². The van der Waals surface area contributed by atoms with Crippen molar-refractivity contribution in [3.8, 4) is 5.75 Å². The highest BCUT2D eigenvalue weighted by Gasteiger charge is 2.14. The van der Waals surface area contributed by atoms with E-state index in [-0.39, 0.29) is 6.04 Å². The van der Waals surface area contributed by atoms with Crippen molar-refractivity contribution in [2.24, 2.45) is 0 Å². The van der Waals surface area contributed by atoms with Crippen LogP contribution in [0.1, 0.15) is 17.4 Å². The topological polar surface area (TPSA) is 34.4 Å². The first kappa shape index (κ1) is 10.8. The molecule has 16 heavy (non-hydrogen) atoms. The fourth-order valence-corrected chi connectivity index (χ4v) is 1.73. The lowest BCUT2D eigenvalue weighted by Crippen LogP contribution is -2.16. The van der Waals surface area contributed by atoms with Gasteiger partial charge < -0.3 is 14.5 Å². The Labute approximate surface area is 95.0 Å². The molecule has 1 atom stereocenters. The van der Waals surface area contributed by atoms with E-state index in [4.69, 9.17) is 9.15 Å². The Morgan fingerprint density at radius 1 is 1.19 bits per heavy atom. The van der Waals surface area contributed by atoms with Gasteiger partial charge >= 0.3 is 0 Å². The van der Waals surface area contributed by atoms with Crippen LogP contribution in [0.3, 0.4) is 0 Å². The van der Waals surface area contributed by atoms with Gasteiger partial charge in [0.2, 0.25) is 0 Å². The van der Waals surface area contributed by atoms with Crippen LogP contribution in [0.2, 0.25) is 0 Å². The van der Waals surface area contributed by atoms with Crippen molar-refractivity contribution >= 4 is 0 Å². The summed E-state index contributed by atoms with van der Waals surface area (Å²) in [6.07, 6.45) is 1.68. The van der Waals surface area contributed by atoms with E-state index in [0.717, 1.165) is 17.1 Å². The first-order chi connectivity index (χ1) is 7.85. The predicted octanol–water partition coefficient (Wildman–Crippen LogP) is 2.60. The van der Waals surface area contributed by atoms with Crippen LogP contribution in [0.4, 0.5) is 0 Å². The first-order valence-corrected chi connectivity index (χ1v) is 5.19. The van der Waals surface area contributed by atoms with Crippen molar-refractivity contribution in [2.45, 2.75) is 6.04 Å². The lowest BCUT2D eigenvalue weighted by Gasteiger charge is -2.14. The molecular weight excluding hydrogens is 202 g/mol. The highest BCUT2D eigenvalue weighted by Crippen LogP contribution is 2.23. The van der Waals surface area contributed by atoms with E-state index in [1.807, 2.05) is 43.4 Å². The van der Waals surface area contributed by atoms with Gasteiger partial charge in [-0.15, -0.1) is 0 Å². The molecule has 3 nitrogen and oxygen atoms in total. The number of methoxy groups -OCH3 is 1. The minimum Gasteiger partial charge on any atom is -0.497 e. The average Bonchev–Trinajstić information content (AvgIpc) is 2.85. The molecule has 1 N–H and O–H groups in total. The molecule has 3 heteroatoms. The third-order valence-electron chi connectivity index (χ3n) is 2.57. The zero-order chi connectivity index (χ0) is 11.4. The molecule has 0 amide bonds. The quantitative estimate of drug-likeness (QED) is 0.854. The number of rotatable bonds is 4. The monoisotopic (exact) mass is 217 g/mol. The van der Waals surface area contributed by atoms with Gasteiger partial charge in [0, 0.05) is 0 Å². The minimum atomic E-state index is 0.0842. The molecule has 1 unspecified atom stereocenters. The van der Waals surface area contributed by atoms with Crippen LogP contribution in [0, 0.1) is 0 Å². The van der Waals surface area contributed by atoms with Crippen molar-refractivity contribution in [3.05, 3.63) is 54.0 Å². The summed E-state index contributed by atoms with van der Waals surface area (Å²) in [5.41, 5.74) is 1.15. The van der Waals surface area contributed by atoms with Gasteiger partial charge in [-0.3, -0.25) is 0 Å². The zero-order valence-electron chi connectivity index (χ0n) is 9.44. The van der Waals surface area contributed by atoms with Gasteiger partial charge in [0.25, 0.3) is 0 Å². The van der Waals surface area contributed by atoms with Crippen molar-refractivity contribution in [1.29, 1.82) is 0 Å². The Morgan fingerprint density at radius 3 is 2.44 bits per heavy atom. The smallest absolute Gasteiger partial charge is 0.125 e. The number of hydrogen-bond acceptors (Lipinski definition) is 3. The molecule has 1 aromatic carbocycles. The molecule has 0 aliphatic carbocycles. The molecule has 1 aromatic heterocycles. The van der Waals surface area contributed by atoms with Crippen LogP contribution in [-0.2, 0) is 0 Å². The van der Waals surface area contributed by atoms with Crippen LogP contribution in [-0.4, -0.2) is 14.2 Å². The first-order valence-electron chi connectivity index (χ1n) is 5.19. The van der Waals surface area contributed by atoms with E-state index in [1.54, 1.807) is 13.4 Å². The summed E-state index contributed by atoms with van der Waals surface area (Å²) >= 11 is 0. The summed E-state index contributed by atoms with van der Waals surface area (Å²) in [5.74, 6) is 1.77. The Kier molecular flexibility index (Phi) is 3.27. The molecule has 0 saturated heterocycles. The second-order valence-corrected chi connectivity index (χ2v) is 3.51. The maximum atomic E-state index is 5.40. The fraction of sp³-hybridized carbons (Fsp3) is 0.231. The maximum absolute atomic E-state index is 5.40. The van der Waals surface area contributed by atoms with Gasteiger partial charge in [-0.25, -0.2) is 0 Å². The third-order valence-corrected chi connectivity index (χ3v) is 2.57. The van der Waals surface area contributed by atoms with Crippen LogP contribution < -0.4 is 10.1 Å². The van der Waals surface area contributed by atoms with E-state index in [0.29, 0.717) is 0 Å². The molecule has 0 spiro atoms. The van der Waals surface area contributed by atoms with E-state index in [2.05, 4.69) is 5.32 Å². The standard InChI is InChI=1S/C13H15NO2/c1-14-13(12-4-3-9-16-12)10-5-7-11(15-2)8-6-10/h3-9,13-14H,1-2H3. The second-order valence-electron chi connectivity index (χ2n) is 3.51. The van der Waals surface area contributed by atoms with E-state index in [9.17, 15) is 0 Å². The molecule has 0 radical (unpaired) electrons. The second kappa shape index (κ2) is 4.86. The summed E-state index contributed by atoms with van der Waals surface area (Å²) in [6, 6.07) is 11.9. The molecule has 2 aromatic rings. The zero-order valence-corrected chi connectivity index (χ0v) is 9.44. The molecule has 0 bridgehead atoms. The Bertz CT molecular complexity index is 420. The van der Waals surface area contributed by atoms with Gasteiger partial charge in [-0.1, -0.05) is 12.1 Å². The predicted molar refractivity (Wildman–Crippen MR) is 62.6 cm³/mol. The molecule has 0 saturated carbocycles. The van der Waals surface area contributed by atoms with Gasteiger partial charge in [-0.05, 0) is 36.9 Å². The molecule has 1 heterocycles. The summed E-state index contributed by atoms with van der Waals surface area (Å²) in [7, 11) is 3.58. The molecule has 0 aliphatic rings. The van der Waals surface area contributed by atoms with E-state index >= 15 is 0 Å². The SMILES string of the molecule is CNC(c1ccc(OC)cc1)c1ccco1. The van der Waals surface area contributed by atoms with E-state index < -0.39 is 0 Å². The highest BCUT2D eigenvalue weighted by molar-refractivity contribution is 5.32. The molecular formula is C13H15NO2. The number of furan rings is 1. The molecule has 84 valence electrons. The van der Waals surface area contributed by atoms with Crippen molar-refractivity contribution in [3.63, 3.8) is 0 Å². The number of nitrogens with one attached hydrogen (secondary N) is 1. The fourth-order valence-electron chi connectivity index (χ4n) is 1.73. The number of benzene rings is 1. The van der Waals surface area contributed by atoms with Crippen LogP contribution >= 0.6 is 0 Å². The lowest BCUT2D eigenvalue weighted by molar-refractivity contribution is 0.414. The largest absolute Gasteiger partial charge is 0.497 e. The summed E-state index contributed by atoms with van der Waals surface area (Å²) < 4.78 is 10.5. The molecule has 0 aliphatic heterocycles. The normalized spacial score (nSPS) is 12.4.